The van der Waals surface area contributed by atoms with Gasteiger partial charge in [-0.15, -0.1) is 10.2 Å². The smallest absolute Gasteiger partial charge is 0.267 e. The van der Waals surface area contributed by atoms with Crippen molar-refractivity contribution in [2.75, 3.05) is 0 Å². The Bertz CT molecular complexity index is 669. The maximum Gasteiger partial charge on any atom is 0.267 e. The van der Waals surface area contributed by atoms with Crippen LogP contribution in [-0.2, 0) is 20.1 Å². The van der Waals surface area contributed by atoms with Crippen LogP contribution in [0.1, 0.15) is 53.5 Å². The number of aryl methyl sites for hydroxylation is 1. The fourth-order valence-electron chi connectivity index (χ4n) is 2.86. The zero-order valence-corrected chi connectivity index (χ0v) is 12.8. The van der Waals surface area contributed by atoms with E-state index in [0.717, 1.165) is 30.8 Å². The van der Waals surface area contributed by atoms with Crippen LogP contribution in [0.4, 0.5) is 0 Å². The van der Waals surface area contributed by atoms with E-state index < -0.39 is 0 Å². The van der Waals surface area contributed by atoms with E-state index in [9.17, 15) is 4.79 Å². The average molecular weight is 303 g/mol. The maximum atomic E-state index is 12.1. The molecule has 2 aromatic heterocycles. The molecule has 7 nitrogen and oxygen atoms in total. The molecular formula is C15H21N5O2. The van der Waals surface area contributed by atoms with E-state index in [1.54, 1.807) is 0 Å². The van der Waals surface area contributed by atoms with Crippen LogP contribution in [0.5, 0.6) is 0 Å². The number of nitrogens with zero attached hydrogens (tertiary/aromatic N) is 3. The lowest BCUT2D eigenvalue weighted by atomic mass is 9.79. The first-order valence-electron chi connectivity index (χ1n) is 7.60. The van der Waals surface area contributed by atoms with Gasteiger partial charge >= 0.3 is 0 Å². The second kappa shape index (κ2) is 5.92. The zero-order valence-electron chi connectivity index (χ0n) is 12.8. The lowest BCUT2D eigenvalue weighted by Gasteiger charge is -2.34. The molecule has 1 saturated carbocycles. The van der Waals surface area contributed by atoms with Crippen LogP contribution in [0.3, 0.4) is 0 Å². The second-order valence-electron chi connectivity index (χ2n) is 5.78. The summed E-state index contributed by atoms with van der Waals surface area (Å²) in [7, 11) is 1.86. The summed E-state index contributed by atoms with van der Waals surface area (Å²) in [6.07, 6.45) is 2.59. The Balaban J connectivity index is 1.55. The highest BCUT2D eigenvalue weighted by atomic mass is 16.3. The molecule has 0 unspecified atom stereocenters. The lowest BCUT2D eigenvalue weighted by molar-refractivity contribution is 0.0902. The minimum Gasteiger partial charge on any atom is -0.388 e. The normalized spacial score (nSPS) is 20.7. The molecule has 1 aliphatic rings. The van der Waals surface area contributed by atoms with Crippen molar-refractivity contribution in [1.82, 2.24) is 25.1 Å². The Morgan fingerprint density at radius 2 is 2.23 bits per heavy atom. The second-order valence-corrected chi connectivity index (χ2v) is 5.78. The molecule has 1 aliphatic carbocycles. The third kappa shape index (κ3) is 2.64. The zero-order chi connectivity index (χ0) is 15.7. The molecule has 0 aromatic carbocycles. The van der Waals surface area contributed by atoms with Crippen molar-refractivity contribution >= 4 is 5.91 Å². The molecule has 3 N–H and O–H groups in total. The molecule has 0 aliphatic heterocycles. The Morgan fingerprint density at radius 3 is 2.82 bits per heavy atom. The van der Waals surface area contributed by atoms with Crippen molar-refractivity contribution in [1.29, 1.82) is 0 Å². The monoisotopic (exact) mass is 303 g/mol. The van der Waals surface area contributed by atoms with Gasteiger partial charge in [-0.05, 0) is 31.4 Å². The number of carbonyl (C=O) groups excluding carboxylic acids is 1. The van der Waals surface area contributed by atoms with Crippen LogP contribution in [0.15, 0.2) is 12.1 Å². The number of carbonyl (C=O) groups is 1. The van der Waals surface area contributed by atoms with Gasteiger partial charge in [-0.3, -0.25) is 4.79 Å². The Hall–Kier alpha value is -2.15. The molecule has 118 valence electrons. The summed E-state index contributed by atoms with van der Waals surface area (Å²) in [4.78, 5) is 15.2. The number of hydrogen-bond donors (Lipinski definition) is 3. The van der Waals surface area contributed by atoms with Crippen LogP contribution in [-0.4, -0.2) is 36.8 Å². The van der Waals surface area contributed by atoms with Gasteiger partial charge in [0.25, 0.3) is 5.91 Å². The fourth-order valence-corrected chi connectivity index (χ4v) is 2.86. The first-order chi connectivity index (χ1) is 10.6. The number of aliphatic hydroxyl groups excluding tert-OH is 1. The highest BCUT2D eigenvalue weighted by Gasteiger charge is 2.35. The van der Waals surface area contributed by atoms with Crippen molar-refractivity contribution in [2.24, 2.45) is 7.05 Å². The summed E-state index contributed by atoms with van der Waals surface area (Å²) in [5, 5.41) is 20.3. The molecule has 2 aromatic rings. The number of aromatic amines is 1. The van der Waals surface area contributed by atoms with Gasteiger partial charge in [0.2, 0.25) is 0 Å². The lowest BCUT2D eigenvalue weighted by Crippen LogP contribution is -2.44. The van der Waals surface area contributed by atoms with Gasteiger partial charge in [-0.2, -0.15) is 0 Å². The minimum atomic E-state index is -0.108. The van der Waals surface area contributed by atoms with Crippen molar-refractivity contribution in [3.63, 3.8) is 0 Å². The molecule has 0 atom stereocenters. The largest absolute Gasteiger partial charge is 0.388 e. The fraction of sp³-hybridized carbons (Fsp3) is 0.533. The summed E-state index contributed by atoms with van der Waals surface area (Å²) in [5.74, 6) is 1.68. The van der Waals surface area contributed by atoms with Crippen molar-refractivity contribution in [3.05, 3.63) is 35.2 Å². The number of rotatable bonds is 5. The van der Waals surface area contributed by atoms with E-state index in [-0.39, 0.29) is 24.5 Å². The quantitative estimate of drug-likeness (QED) is 0.764. The molecule has 1 fully saturated rings. The van der Waals surface area contributed by atoms with Crippen LogP contribution in [0.25, 0.3) is 0 Å². The first-order valence-corrected chi connectivity index (χ1v) is 7.60. The van der Waals surface area contributed by atoms with Crippen molar-refractivity contribution in [3.8, 4) is 0 Å². The molecule has 0 spiro atoms. The molecule has 1 amide bonds. The van der Waals surface area contributed by atoms with Crippen LogP contribution in [0, 0.1) is 0 Å². The van der Waals surface area contributed by atoms with E-state index in [1.807, 2.05) is 30.7 Å². The van der Waals surface area contributed by atoms with Gasteiger partial charge < -0.3 is 20.0 Å². The summed E-state index contributed by atoms with van der Waals surface area (Å²) in [5.41, 5.74) is 1.67. The van der Waals surface area contributed by atoms with Crippen LogP contribution in [0.2, 0.25) is 0 Å². The number of H-pyrrole nitrogens is 1. The van der Waals surface area contributed by atoms with Gasteiger partial charge in [0.1, 0.15) is 18.1 Å². The average Bonchev–Trinajstić information content (AvgIpc) is 3.09. The predicted molar refractivity (Wildman–Crippen MR) is 80.3 cm³/mol. The van der Waals surface area contributed by atoms with E-state index in [0.29, 0.717) is 11.5 Å². The van der Waals surface area contributed by atoms with Gasteiger partial charge in [-0.1, -0.05) is 6.92 Å². The molecule has 2 heterocycles. The molecule has 0 radical (unpaired) electrons. The van der Waals surface area contributed by atoms with Crippen LogP contribution < -0.4 is 5.32 Å². The van der Waals surface area contributed by atoms with E-state index >= 15 is 0 Å². The molecule has 22 heavy (non-hydrogen) atoms. The molecule has 3 rings (SSSR count). The van der Waals surface area contributed by atoms with Gasteiger partial charge in [-0.25, -0.2) is 0 Å². The van der Waals surface area contributed by atoms with E-state index in [2.05, 4.69) is 20.5 Å². The first kappa shape index (κ1) is 14.8. The van der Waals surface area contributed by atoms with Gasteiger partial charge in [0.15, 0.2) is 5.82 Å². The standard InChI is InChI=1S/C15H21N5O2/c1-3-10-4-5-12(16-10)15(22)17-11-6-9(7-11)14-19-18-13(8-21)20(14)2/h4-5,9,11,16,21H,3,6-8H2,1-2H3,(H,17,22). The maximum absolute atomic E-state index is 12.1. The molecular weight excluding hydrogens is 282 g/mol. The van der Waals surface area contributed by atoms with Gasteiger partial charge in [0, 0.05) is 24.7 Å². The predicted octanol–water partition coefficient (Wildman–Crippen LogP) is 0.874. The summed E-state index contributed by atoms with van der Waals surface area (Å²) < 4.78 is 1.83. The highest BCUT2D eigenvalue weighted by molar-refractivity contribution is 5.92. The Labute approximate surface area is 128 Å². The van der Waals surface area contributed by atoms with Crippen molar-refractivity contribution in [2.45, 2.75) is 44.8 Å². The molecule has 0 bridgehead atoms. The van der Waals surface area contributed by atoms with Gasteiger partial charge in [0.05, 0.1) is 0 Å². The third-order valence-electron chi connectivity index (χ3n) is 4.35. The topological polar surface area (TPSA) is 95.8 Å². The van der Waals surface area contributed by atoms with E-state index in [1.165, 1.54) is 0 Å². The Morgan fingerprint density at radius 1 is 1.45 bits per heavy atom. The molecule has 7 heteroatoms. The minimum absolute atomic E-state index is 0.0582. The SMILES string of the molecule is CCc1ccc(C(=O)NC2CC(c3nnc(CO)n3C)C2)[nH]1. The third-order valence-corrected chi connectivity index (χ3v) is 4.35. The van der Waals surface area contributed by atoms with E-state index in [4.69, 9.17) is 5.11 Å². The summed E-state index contributed by atoms with van der Waals surface area (Å²) >= 11 is 0. The number of amides is 1. The van der Waals surface area contributed by atoms with Crippen LogP contribution >= 0.6 is 0 Å². The number of aliphatic hydroxyl groups is 1. The number of nitrogens with one attached hydrogen (secondary N) is 2. The number of aromatic nitrogens is 4. The summed E-state index contributed by atoms with van der Waals surface area (Å²) in [6, 6.07) is 3.93. The highest BCUT2D eigenvalue weighted by Crippen LogP contribution is 2.35. The number of hydrogen-bond acceptors (Lipinski definition) is 4. The Kier molecular flexibility index (Phi) is 3.98. The molecule has 0 saturated heterocycles. The summed E-state index contributed by atoms with van der Waals surface area (Å²) in [6.45, 7) is 1.94. The van der Waals surface area contributed by atoms with Crippen molar-refractivity contribution < 1.29 is 9.90 Å².